The second-order valence-electron chi connectivity index (χ2n) is 4.91. The van der Waals surface area contributed by atoms with E-state index in [0.29, 0.717) is 18.2 Å². The highest BCUT2D eigenvalue weighted by Gasteiger charge is 2.33. The lowest BCUT2D eigenvalue weighted by Gasteiger charge is -2.26. The summed E-state index contributed by atoms with van der Waals surface area (Å²) >= 11 is 3.11. The molecule has 0 heterocycles. The monoisotopic (exact) mass is 337 g/mol. The Bertz CT molecular complexity index is 416. The molecular weight excluding hydrogens is 319 g/mol. The summed E-state index contributed by atoms with van der Waals surface area (Å²) in [5, 5.41) is 0.207. The normalized spacial score (nSPS) is 12.0. The van der Waals surface area contributed by atoms with Crippen molar-refractivity contribution in [1.82, 2.24) is 0 Å². The number of hydrogen-bond acceptors (Lipinski definition) is 1. The Morgan fingerprint density at radius 1 is 1.26 bits per heavy atom. The molecule has 1 nitrogen and oxygen atoms in total. The van der Waals surface area contributed by atoms with Gasteiger partial charge in [-0.15, -0.1) is 0 Å². The van der Waals surface area contributed by atoms with Crippen LogP contribution in [0.5, 0.6) is 0 Å². The van der Waals surface area contributed by atoms with Gasteiger partial charge in [-0.25, -0.2) is 0 Å². The Morgan fingerprint density at radius 3 is 2.32 bits per heavy atom. The van der Waals surface area contributed by atoms with E-state index >= 15 is 0 Å². The first-order valence-electron chi connectivity index (χ1n) is 6.30. The van der Waals surface area contributed by atoms with Gasteiger partial charge in [0.1, 0.15) is 0 Å². The lowest BCUT2D eigenvalue weighted by atomic mass is 10.1. The van der Waals surface area contributed by atoms with Gasteiger partial charge in [-0.05, 0) is 30.5 Å². The molecule has 0 aliphatic heterocycles. The minimum atomic E-state index is -4.31. The van der Waals surface area contributed by atoms with Gasteiger partial charge in [0.05, 0.1) is 5.56 Å². The Balaban J connectivity index is 3.16. The largest absolute Gasteiger partial charge is 0.416 e. The molecule has 0 spiro atoms. The molecule has 0 fully saturated rings. The third-order valence-electron chi connectivity index (χ3n) is 2.88. The zero-order valence-electron chi connectivity index (χ0n) is 11.4. The number of benzene rings is 1. The quantitative estimate of drug-likeness (QED) is 0.677. The van der Waals surface area contributed by atoms with Crippen LogP contribution in [-0.2, 0) is 11.5 Å². The molecule has 19 heavy (non-hydrogen) atoms. The van der Waals surface area contributed by atoms with Crippen LogP contribution in [0.4, 0.5) is 18.9 Å². The molecule has 0 unspecified atom stereocenters. The number of nitrogens with zero attached hydrogens (tertiary/aromatic N) is 1. The Labute approximate surface area is 120 Å². The molecule has 0 saturated heterocycles. The van der Waals surface area contributed by atoms with Gasteiger partial charge in [-0.2, -0.15) is 13.2 Å². The molecule has 0 amide bonds. The average Bonchev–Trinajstić information content (AvgIpc) is 2.34. The zero-order valence-corrected chi connectivity index (χ0v) is 13.0. The maximum atomic E-state index is 13.0. The van der Waals surface area contributed by atoms with Crippen LogP contribution in [0.25, 0.3) is 0 Å². The highest BCUT2D eigenvalue weighted by Crippen LogP contribution is 2.35. The van der Waals surface area contributed by atoms with Gasteiger partial charge in [0.25, 0.3) is 0 Å². The van der Waals surface area contributed by atoms with E-state index < -0.39 is 11.7 Å². The standard InChI is InChI=1S/C14H19BrF3N/c1-4-19(9-10(2)3)12-6-5-11(8-15)13(7-12)14(16,17)18/h5-7,10H,4,8-9H2,1-3H3. The van der Waals surface area contributed by atoms with Crippen molar-refractivity contribution < 1.29 is 13.2 Å². The van der Waals surface area contributed by atoms with Crippen molar-refractivity contribution in [3.63, 3.8) is 0 Å². The average molecular weight is 338 g/mol. The molecular formula is C14H19BrF3N. The van der Waals surface area contributed by atoms with Gasteiger partial charge >= 0.3 is 6.18 Å². The van der Waals surface area contributed by atoms with Crippen molar-refractivity contribution >= 4 is 21.6 Å². The summed E-state index contributed by atoms with van der Waals surface area (Å²) in [7, 11) is 0. The van der Waals surface area contributed by atoms with Crippen molar-refractivity contribution in [2.24, 2.45) is 5.92 Å². The van der Waals surface area contributed by atoms with Crippen LogP contribution in [0, 0.1) is 5.92 Å². The minimum Gasteiger partial charge on any atom is -0.372 e. The van der Waals surface area contributed by atoms with Gasteiger partial charge in [-0.3, -0.25) is 0 Å². The van der Waals surface area contributed by atoms with Gasteiger partial charge in [-0.1, -0.05) is 35.8 Å². The number of hydrogen-bond donors (Lipinski definition) is 0. The van der Waals surface area contributed by atoms with E-state index in [1.165, 1.54) is 6.07 Å². The first-order chi connectivity index (χ1) is 8.79. The zero-order chi connectivity index (χ0) is 14.6. The van der Waals surface area contributed by atoms with E-state index in [1.807, 2.05) is 11.8 Å². The van der Waals surface area contributed by atoms with Crippen molar-refractivity contribution in [2.75, 3.05) is 18.0 Å². The molecule has 5 heteroatoms. The first kappa shape index (κ1) is 16.3. The van der Waals surface area contributed by atoms with Crippen LogP contribution in [0.3, 0.4) is 0 Å². The molecule has 0 aliphatic rings. The summed E-state index contributed by atoms with van der Waals surface area (Å²) in [5.74, 6) is 0.408. The molecule has 0 aliphatic carbocycles. The third-order valence-corrected chi connectivity index (χ3v) is 3.48. The molecule has 0 saturated carbocycles. The molecule has 0 bridgehead atoms. The maximum absolute atomic E-state index is 13.0. The fourth-order valence-electron chi connectivity index (χ4n) is 2.00. The number of halogens is 4. The highest BCUT2D eigenvalue weighted by molar-refractivity contribution is 9.08. The summed E-state index contributed by atoms with van der Waals surface area (Å²) in [5.41, 5.74) is 0.356. The Morgan fingerprint density at radius 2 is 1.89 bits per heavy atom. The van der Waals surface area contributed by atoms with Crippen LogP contribution < -0.4 is 4.90 Å². The first-order valence-corrected chi connectivity index (χ1v) is 7.42. The van der Waals surface area contributed by atoms with E-state index in [4.69, 9.17) is 0 Å². The number of rotatable bonds is 5. The molecule has 0 N–H and O–H groups in total. The molecule has 1 aromatic carbocycles. The molecule has 0 aromatic heterocycles. The molecule has 1 aromatic rings. The van der Waals surface area contributed by atoms with E-state index in [2.05, 4.69) is 29.8 Å². The molecule has 0 radical (unpaired) electrons. The van der Waals surface area contributed by atoms with Gasteiger partial charge in [0, 0.05) is 24.1 Å². The van der Waals surface area contributed by atoms with Crippen LogP contribution in [0.2, 0.25) is 0 Å². The Kier molecular flexibility index (Phi) is 5.71. The highest BCUT2D eigenvalue weighted by atomic mass is 79.9. The van der Waals surface area contributed by atoms with E-state index in [9.17, 15) is 13.2 Å². The maximum Gasteiger partial charge on any atom is 0.416 e. The van der Waals surface area contributed by atoms with Crippen LogP contribution in [0.15, 0.2) is 18.2 Å². The summed E-state index contributed by atoms with van der Waals surface area (Å²) in [6, 6.07) is 4.57. The summed E-state index contributed by atoms with van der Waals surface area (Å²) in [6.07, 6.45) is -4.31. The van der Waals surface area contributed by atoms with Crippen molar-refractivity contribution in [3.05, 3.63) is 29.3 Å². The van der Waals surface area contributed by atoms with Crippen LogP contribution >= 0.6 is 15.9 Å². The molecule has 1 rings (SSSR count). The number of alkyl halides is 4. The fraction of sp³-hybridized carbons (Fsp3) is 0.571. The smallest absolute Gasteiger partial charge is 0.372 e. The fourth-order valence-corrected chi connectivity index (χ4v) is 2.49. The van der Waals surface area contributed by atoms with E-state index in [0.717, 1.165) is 6.54 Å². The lowest BCUT2D eigenvalue weighted by Crippen LogP contribution is -2.27. The van der Waals surface area contributed by atoms with Gasteiger partial charge < -0.3 is 4.90 Å². The number of anilines is 1. The predicted octanol–water partition coefficient (Wildman–Crippen LogP) is 5.08. The van der Waals surface area contributed by atoms with E-state index in [1.54, 1.807) is 12.1 Å². The van der Waals surface area contributed by atoms with Gasteiger partial charge in [0.2, 0.25) is 0 Å². The third kappa shape index (κ3) is 4.41. The predicted molar refractivity (Wildman–Crippen MR) is 76.8 cm³/mol. The van der Waals surface area contributed by atoms with Crippen molar-refractivity contribution in [2.45, 2.75) is 32.3 Å². The van der Waals surface area contributed by atoms with Crippen molar-refractivity contribution in [1.29, 1.82) is 0 Å². The van der Waals surface area contributed by atoms with Crippen LogP contribution in [0.1, 0.15) is 31.9 Å². The summed E-state index contributed by atoms with van der Waals surface area (Å²) < 4.78 is 39.0. The topological polar surface area (TPSA) is 3.24 Å². The lowest BCUT2D eigenvalue weighted by molar-refractivity contribution is -0.138. The second-order valence-corrected chi connectivity index (χ2v) is 5.47. The van der Waals surface area contributed by atoms with Gasteiger partial charge in [0.15, 0.2) is 0 Å². The minimum absolute atomic E-state index is 0.207. The van der Waals surface area contributed by atoms with E-state index in [-0.39, 0.29) is 10.9 Å². The SMILES string of the molecule is CCN(CC(C)C)c1ccc(CBr)c(C(F)(F)F)c1. The Hall–Kier alpha value is -0.710. The summed E-state index contributed by atoms with van der Waals surface area (Å²) in [6.45, 7) is 7.51. The second kappa shape index (κ2) is 6.64. The van der Waals surface area contributed by atoms with Crippen LogP contribution in [-0.4, -0.2) is 13.1 Å². The summed E-state index contributed by atoms with van der Waals surface area (Å²) in [4.78, 5) is 1.97. The molecule has 0 atom stereocenters. The molecule has 108 valence electrons. The van der Waals surface area contributed by atoms with Crippen molar-refractivity contribution in [3.8, 4) is 0 Å².